The summed E-state index contributed by atoms with van der Waals surface area (Å²) in [7, 11) is 0. The molecule has 0 saturated carbocycles. The summed E-state index contributed by atoms with van der Waals surface area (Å²) in [5, 5.41) is 23.4. The summed E-state index contributed by atoms with van der Waals surface area (Å²) in [6.45, 7) is 4.45. The molecule has 1 aromatic rings. The second-order valence-electron chi connectivity index (χ2n) is 5.00. The van der Waals surface area contributed by atoms with Gasteiger partial charge in [0.1, 0.15) is 12.7 Å². The van der Waals surface area contributed by atoms with Crippen LogP contribution in [0, 0.1) is 0 Å². The topological polar surface area (TPSA) is 61.7 Å². The van der Waals surface area contributed by atoms with Gasteiger partial charge in [0.05, 0.1) is 15.6 Å². The third-order valence-electron chi connectivity index (χ3n) is 2.99. The number of aliphatic hydroxyl groups excluding tert-OH is 1. The lowest BCUT2D eigenvalue weighted by Gasteiger charge is -2.22. The molecule has 0 aromatic heterocycles. The van der Waals surface area contributed by atoms with E-state index in [4.69, 9.17) is 27.9 Å². The lowest BCUT2D eigenvalue weighted by Crippen LogP contribution is -2.41. The Kier molecular flexibility index (Phi) is 7.06. The molecular weight excluding hydrogens is 301 g/mol. The molecule has 0 aliphatic carbocycles. The summed E-state index contributed by atoms with van der Waals surface area (Å²) in [6.07, 6.45) is -0.0723. The number of ether oxygens (including phenoxy) is 1. The zero-order chi connectivity index (χ0) is 15.2. The van der Waals surface area contributed by atoms with Crippen molar-refractivity contribution in [1.82, 2.24) is 5.32 Å². The Bertz CT molecular complexity index is 407. The van der Waals surface area contributed by atoms with E-state index < -0.39 is 11.7 Å². The Morgan fingerprint density at radius 2 is 1.95 bits per heavy atom. The molecule has 4 nitrogen and oxygen atoms in total. The normalized spacial score (nSPS) is 15.7. The SMILES string of the molecule is CCC(C)(O)CNCC(O)COc1c(Cl)cccc1Cl. The second-order valence-corrected chi connectivity index (χ2v) is 5.81. The molecule has 114 valence electrons. The number of rotatable bonds is 8. The van der Waals surface area contributed by atoms with E-state index in [0.717, 1.165) is 0 Å². The fourth-order valence-electron chi connectivity index (χ4n) is 1.49. The van der Waals surface area contributed by atoms with Crippen LogP contribution in [0.25, 0.3) is 0 Å². The first-order chi connectivity index (χ1) is 9.35. The molecule has 0 saturated heterocycles. The Labute approximate surface area is 129 Å². The number of aliphatic hydroxyl groups is 2. The molecule has 0 aliphatic heterocycles. The molecule has 0 amide bonds. The van der Waals surface area contributed by atoms with Crippen LogP contribution < -0.4 is 10.1 Å². The van der Waals surface area contributed by atoms with Gasteiger partial charge in [0.15, 0.2) is 5.75 Å². The van der Waals surface area contributed by atoms with Gasteiger partial charge < -0.3 is 20.3 Å². The number of benzene rings is 1. The first-order valence-electron chi connectivity index (χ1n) is 6.53. The lowest BCUT2D eigenvalue weighted by atomic mass is 10.0. The molecule has 20 heavy (non-hydrogen) atoms. The van der Waals surface area contributed by atoms with Gasteiger partial charge in [0, 0.05) is 13.1 Å². The van der Waals surface area contributed by atoms with Gasteiger partial charge in [0.2, 0.25) is 0 Å². The predicted octanol–water partition coefficient (Wildman–Crippen LogP) is 2.48. The summed E-state index contributed by atoms with van der Waals surface area (Å²) in [5.41, 5.74) is -0.771. The fraction of sp³-hybridized carbons (Fsp3) is 0.571. The smallest absolute Gasteiger partial charge is 0.156 e. The van der Waals surface area contributed by atoms with Gasteiger partial charge in [-0.05, 0) is 25.5 Å². The van der Waals surface area contributed by atoms with Crippen molar-refractivity contribution in [3.8, 4) is 5.75 Å². The molecule has 1 aromatic carbocycles. The fourth-order valence-corrected chi connectivity index (χ4v) is 2.00. The molecular formula is C14H21Cl2NO3. The molecule has 0 bridgehead atoms. The zero-order valence-electron chi connectivity index (χ0n) is 11.7. The highest BCUT2D eigenvalue weighted by molar-refractivity contribution is 6.37. The molecule has 0 aliphatic rings. The van der Waals surface area contributed by atoms with Crippen molar-refractivity contribution in [1.29, 1.82) is 0 Å². The van der Waals surface area contributed by atoms with Gasteiger partial charge in [-0.25, -0.2) is 0 Å². The van der Waals surface area contributed by atoms with Crippen molar-refractivity contribution in [2.75, 3.05) is 19.7 Å². The van der Waals surface area contributed by atoms with Gasteiger partial charge in [-0.1, -0.05) is 36.2 Å². The Morgan fingerprint density at radius 1 is 1.35 bits per heavy atom. The summed E-state index contributed by atoms with van der Waals surface area (Å²) in [4.78, 5) is 0. The number of hydrogen-bond donors (Lipinski definition) is 3. The monoisotopic (exact) mass is 321 g/mol. The van der Waals surface area contributed by atoms with Crippen LogP contribution in [-0.4, -0.2) is 41.6 Å². The zero-order valence-corrected chi connectivity index (χ0v) is 13.2. The van der Waals surface area contributed by atoms with E-state index in [2.05, 4.69) is 5.32 Å². The quantitative estimate of drug-likeness (QED) is 0.688. The molecule has 6 heteroatoms. The average Bonchev–Trinajstić information content (AvgIpc) is 2.38. The number of hydrogen-bond acceptors (Lipinski definition) is 4. The van der Waals surface area contributed by atoms with Crippen molar-refractivity contribution in [2.45, 2.75) is 32.0 Å². The minimum absolute atomic E-state index is 0.0741. The highest BCUT2D eigenvalue weighted by Crippen LogP contribution is 2.32. The number of halogens is 2. The van der Waals surface area contributed by atoms with Crippen molar-refractivity contribution < 1.29 is 14.9 Å². The van der Waals surface area contributed by atoms with E-state index in [1.165, 1.54) is 0 Å². The summed E-state index contributed by atoms with van der Waals surface area (Å²) in [6, 6.07) is 5.07. The van der Waals surface area contributed by atoms with Gasteiger partial charge >= 0.3 is 0 Å². The van der Waals surface area contributed by atoms with Crippen molar-refractivity contribution >= 4 is 23.2 Å². The molecule has 2 atom stereocenters. The highest BCUT2D eigenvalue weighted by Gasteiger charge is 2.17. The first-order valence-corrected chi connectivity index (χ1v) is 7.29. The van der Waals surface area contributed by atoms with Crippen LogP contribution in [0.2, 0.25) is 10.0 Å². The summed E-state index contributed by atoms with van der Waals surface area (Å²) < 4.78 is 5.42. The molecule has 0 heterocycles. The van der Waals surface area contributed by atoms with Crippen LogP contribution in [0.4, 0.5) is 0 Å². The van der Waals surface area contributed by atoms with E-state index in [0.29, 0.717) is 35.3 Å². The van der Waals surface area contributed by atoms with Crippen LogP contribution in [-0.2, 0) is 0 Å². The second kappa shape index (κ2) is 8.05. The van der Waals surface area contributed by atoms with E-state index in [9.17, 15) is 10.2 Å². The maximum atomic E-state index is 9.81. The van der Waals surface area contributed by atoms with E-state index in [-0.39, 0.29) is 6.61 Å². The molecule has 3 N–H and O–H groups in total. The van der Waals surface area contributed by atoms with Crippen molar-refractivity contribution in [3.05, 3.63) is 28.2 Å². The van der Waals surface area contributed by atoms with E-state index in [1.807, 2.05) is 6.92 Å². The maximum Gasteiger partial charge on any atom is 0.156 e. The number of nitrogens with one attached hydrogen (secondary N) is 1. The van der Waals surface area contributed by atoms with Crippen molar-refractivity contribution in [2.24, 2.45) is 0 Å². The van der Waals surface area contributed by atoms with Crippen LogP contribution in [0.15, 0.2) is 18.2 Å². The summed E-state index contributed by atoms with van der Waals surface area (Å²) >= 11 is 11.9. The van der Waals surface area contributed by atoms with Gasteiger partial charge in [0.25, 0.3) is 0 Å². The van der Waals surface area contributed by atoms with Gasteiger partial charge in [-0.15, -0.1) is 0 Å². The van der Waals surface area contributed by atoms with E-state index >= 15 is 0 Å². The standard InChI is InChI=1S/C14H21Cl2NO3/c1-3-14(2,19)9-17-7-10(18)8-20-13-11(15)5-4-6-12(13)16/h4-6,10,17-19H,3,7-9H2,1-2H3. The third kappa shape index (κ3) is 5.85. The molecule has 0 radical (unpaired) electrons. The molecule has 1 rings (SSSR count). The average molecular weight is 322 g/mol. The van der Waals surface area contributed by atoms with Crippen LogP contribution in [0.1, 0.15) is 20.3 Å². The molecule has 0 spiro atoms. The largest absolute Gasteiger partial charge is 0.488 e. The Morgan fingerprint density at radius 3 is 2.50 bits per heavy atom. The van der Waals surface area contributed by atoms with Crippen molar-refractivity contribution in [3.63, 3.8) is 0 Å². The first kappa shape index (κ1) is 17.5. The Hall–Kier alpha value is -0.520. The van der Waals surface area contributed by atoms with Gasteiger partial charge in [-0.3, -0.25) is 0 Å². The minimum atomic E-state index is -0.771. The Balaban J connectivity index is 2.35. The van der Waals surface area contributed by atoms with E-state index in [1.54, 1.807) is 25.1 Å². The highest BCUT2D eigenvalue weighted by atomic mass is 35.5. The minimum Gasteiger partial charge on any atom is -0.488 e. The van der Waals surface area contributed by atoms with Crippen LogP contribution in [0.5, 0.6) is 5.75 Å². The third-order valence-corrected chi connectivity index (χ3v) is 3.58. The lowest BCUT2D eigenvalue weighted by molar-refractivity contribution is 0.0476. The predicted molar refractivity (Wildman–Crippen MR) is 81.7 cm³/mol. The van der Waals surface area contributed by atoms with Crippen LogP contribution >= 0.6 is 23.2 Å². The number of para-hydroxylation sites is 1. The summed E-state index contributed by atoms with van der Waals surface area (Å²) in [5.74, 6) is 0.371. The van der Waals surface area contributed by atoms with Gasteiger partial charge in [-0.2, -0.15) is 0 Å². The van der Waals surface area contributed by atoms with Crippen LogP contribution in [0.3, 0.4) is 0 Å². The molecule has 2 unspecified atom stereocenters. The molecule has 0 fully saturated rings. The maximum absolute atomic E-state index is 9.81.